The number of nitrogens with two attached hydrogens (primary N) is 1. The number of fused-ring (bicyclic) bond motifs is 1. The van der Waals surface area contributed by atoms with Gasteiger partial charge in [-0.3, -0.25) is 14.5 Å². The molecule has 1 unspecified atom stereocenters. The fourth-order valence-corrected chi connectivity index (χ4v) is 3.87. The van der Waals surface area contributed by atoms with Crippen molar-refractivity contribution < 1.29 is 14.3 Å². The van der Waals surface area contributed by atoms with E-state index in [1.54, 1.807) is 12.0 Å². The molecule has 3 rings (SSSR count). The van der Waals surface area contributed by atoms with Crippen molar-refractivity contribution in [2.45, 2.75) is 25.7 Å². The molecule has 2 amide bonds. The molecular weight excluding hydrogens is 318 g/mol. The van der Waals surface area contributed by atoms with Gasteiger partial charge in [0.05, 0.1) is 19.6 Å². The van der Waals surface area contributed by atoms with Crippen LogP contribution in [-0.4, -0.2) is 61.4 Å². The molecule has 0 saturated carbocycles. The lowest BCUT2D eigenvalue weighted by molar-refractivity contribution is -0.136. The molecule has 0 aromatic heterocycles. The van der Waals surface area contributed by atoms with Crippen LogP contribution in [-0.2, 0) is 22.4 Å². The Kier molecular flexibility index (Phi) is 5.58. The van der Waals surface area contributed by atoms with E-state index in [0.29, 0.717) is 13.1 Å². The molecular formula is C19H27N3O3. The van der Waals surface area contributed by atoms with Gasteiger partial charge in [-0.15, -0.1) is 0 Å². The number of benzene rings is 1. The summed E-state index contributed by atoms with van der Waals surface area (Å²) in [6.07, 6.45) is 3.44. The third-order valence-corrected chi connectivity index (χ3v) is 5.36. The first kappa shape index (κ1) is 17.7. The quantitative estimate of drug-likeness (QED) is 0.877. The summed E-state index contributed by atoms with van der Waals surface area (Å²) in [5.41, 5.74) is 7.97. The van der Waals surface area contributed by atoms with Crippen molar-refractivity contribution >= 4 is 11.8 Å². The van der Waals surface area contributed by atoms with Gasteiger partial charge in [0.15, 0.2) is 0 Å². The van der Waals surface area contributed by atoms with E-state index in [1.165, 1.54) is 11.1 Å². The van der Waals surface area contributed by atoms with E-state index in [1.807, 2.05) is 12.1 Å². The first-order chi connectivity index (χ1) is 12.1. The van der Waals surface area contributed by atoms with Crippen LogP contribution in [0.3, 0.4) is 0 Å². The van der Waals surface area contributed by atoms with E-state index in [2.05, 4.69) is 11.0 Å². The van der Waals surface area contributed by atoms with Gasteiger partial charge in [0.2, 0.25) is 11.8 Å². The predicted molar refractivity (Wildman–Crippen MR) is 95.3 cm³/mol. The summed E-state index contributed by atoms with van der Waals surface area (Å²) in [5.74, 6) is 0.542. The maximum Gasteiger partial charge on any atom is 0.236 e. The molecule has 1 aromatic rings. The molecule has 25 heavy (non-hydrogen) atoms. The van der Waals surface area contributed by atoms with Gasteiger partial charge in [0.25, 0.3) is 0 Å². The van der Waals surface area contributed by atoms with Crippen LogP contribution in [0.25, 0.3) is 0 Å². The number of amides is 2. The van der Waals surface area contributed by atoms with E-state index in [4.69, 9.17) is 10.5 Å². The van der Waals surface area contributed by atoms with Crippen LogP contribution in [0.15, 0.2) is 18.2 Å². The third-order valence-electron chi connectivity index (χ3n) is 5.36. The van der Waals surface area contributed by atoms with Crippen molar-refractivity contribution in [3.8, 4) is 5.75 Å². The molecule has 2 aliphatic rings. The monoisotopic (exact) mass is 345 g/mol. The smallest absolute Gasteiger partial charge is 0.236 e. The van der Waals surface area contributed by atoms with Crippen LogP contribution < -0.4 is 10.5 Å². The number of rotatable bonds is 4. The minimum Gasteiger partial charge on any atom is -0.496 e. The molecule has 1 atom stereocenters. The zero-order valence-electron chi connectivity index (χ0n) is 14.9. The molecule has 0 bridgehead atoms. The summed E-state index contributed by atoms with van der Waals surface area (Å²) in [6, 6.07) is 6.17. The molecule has 0 aliphatic carbocycles. The van der Waals surface area contributed by atoms with Crippen LogP contribution in [0.2, 0.25) is 0 Å². The van der Waals surface area contributed by atoms with Gasteiger partial charge in [-0.25, -0.2) is 0 Å². The van der Waals surface area contributed by atoms with Crippen LogP contribution in [0.1, 0.15) is 24.0 Å². The Morgan fingerprint density at radius 1 is 1.24 bits per heavy atom. The highest BCUT2D eigenvalue weighted by Gasteiger charge is 2.28. The first-order valence-corrected chi connectivity index (χ1v) is 9.02. The van der Waals surface area contributed by atoms with Crippen molar-refractivity contribution in [2.75, 3.05) is 39.8 Å². The maximum absolute atomic E-state index is 12.7. The Morgan fingerprint density at radius 3 is 2.80 bits per heavy atom. The first-order valence-electron chi connectivity index (χ1n) is 9.02. The number of carbonyl (C=O) groups excluding carboxylic acids is 2. The standard InChI is InChI=1S/C19H27N3O3/c1-25-17-6-2-4-14-7-10-21(11-8-16(14)17)13-18(23)22-9-3-5-15(12-22)19(20)24/h2,4,6,15H,3,5,7-13H2,1H3,(H2,20,24). The van der Waals surface area contributed by atoms with Gasteiger partial charge in [0.1, 0.15) is 5.75 Å². The maximum atomic E-state index is 12.7. The third kappa shape index (κ3) is 4.12. The molecule has 0 spiro atoms. The average molecular weight is 345 g/mol. The molecule has 1 aromatic carbocycles. The summed E-state index contributed by atoms with van der Waals surface area (Å²) in [5, 5.41) is 0. The fourth-order valence-electron chi connectivity index (χ4n) is 3.87. The van der Waals surface area contributed by atoms with Crippen molar-refractivity contribution in [3.63, 3.8) is 0 Å². The Bertz CT molecular complexity index is 647. The average Bonchev–Trinajstić information content (AvgIpc) is 2.84. The highest BCUT2D eigenvalue weighted by molar-refractivity contribution is 5.81. The zero-order chi connectivity index (χ0) is 17.8. The van der Waals surface area contributed by atoms with Crippen molar-refractivity contribution in [2.24, 2.45) is 11.7 Å². The molecule has 2 aliphatic heterocycles. The number of likely N-dealkylation sites (tertiary alicyclic amines) is 1. The minimum absolute atomic E-state index is 0.101. The molecule has 0 radical (unpaired) electrons. The Hall–Kier alpha value is -2.08. The number of ether oxygens (including phenoxy) is 1. The lowest BCUT2D eigenvalue weighted by Crippen LogP contribution is -2.48. The normalized spacial score (nSPS) is 21.3. The van der Waals surface area contributed by atoms with E-state index in [0.717, 1.165) is 51.1 Å². The van der Waals surface area contributed by atoms with Crippen molar-refractivity contribution in [1.82, 2.24) is 9.80 Å². The number of nitrogens with zero attached hydrogens (tertiary/aromatic N) is 2. The number of carbonyl (C=O) groups is 2. The summed E-state index contributed by atoms with van der Waals surface area (Å²) in [6.45, 7) is 3.30. The van der Waals surface area contributed by atoms with Crippen LogP contribution in [0, 0.1) is 5.92 Å². The lowest BCUT2D eigenvalue weighted by atomic mass is 9.97. The van der Waals surface area contributed by atoms with Gasteiger partial charge in [-0.2, -0.15) is 0 Å². The Balaban J connectivity index is 1.59. The van der Waals surface area contributed by atoms with Gasteiger partial charge < -0.3 is 15.4 Å². The largest absolute Gasteiger partial charge is 0.496 e. The topological polar surface area (TPSA) is 75.9 Å². The molecule has 2 heterocycles. The van der Waals surface area contributed by atoms with Crippen LogP contribution in [0.5, 0.6) is 5.75 Å². The van der Waals surface area contributed by atoms with Gasteiger partial charge in [-0.05, 0) is 42.9 Å². The molecule has 6 nitrogen and oxygen atoms in total. The molecule has 1 saturated heterocycles. The molecule has 6 heteroatoms. The minimum atomic E-state index is -0.296. The second-order valence-electron chi connectivity index (χ2n) is 6.96. The van der Waals surface area contributed by atoms with Crippen LogP contribution >= 0.6 is 0 Å². The molecule has 136 valence electrons. The van der Waals surface area contributed by atoms with Crippen molar-refractivity contribution in [1.29, 1.82) is 0 Å². The number of methoxy groups -OCH3 is 1. The number of piperidine rings is 1. The molecule has 1 fully saturated rings. The fraction of sp³-hybridized carbons (Fsp3) is 0.579. The molecule has 2 N–H and O–H groups in total. The lowest BCUT2D eigenvalue weighted by Gasteiger charge is -2.33. The van der Waals surface area contributed by atoms with Crippen molar-refractivity contribution in [3.05, 3.63) is 29.3 Å². The second-order valence-corrected chi connectivity index (χ2v) is 6.96. The number of primary amides is 1. The summed E-state index contributed by atoms with van der Waals surface area (Å²) >= 11 is 0. The van der Waals surface area contributed by atoms with Gasteiger partial charge in [0, 0.05) is 26.2 Å². The zero-order valence-corrected chi connectivity index (χ0v) is 14.9. The second kappa shape index (κ2) is 7.87. The highest BCUT2D eigenvalue weighted by Crippen LogP contribution is 2.26. The summed E-state index contributed by atoms with van der Waals surface area (Å²) < 4.78 is 5.48. The Morgan fingerprint density at radius 2 is 2.04 bits per heavy atom. The Labute approximate surface area is 148 Å². The summed E-state index contributed by atoms with van der Waals surface area (Å²) in [7, 11) is 1.70. The predicted octanol–water partition coefficient (Wildman–Crippen LogP) is 0.820. The SMILES string of the molecule is COc1cccc2c1CCN(CC(=O)N1CCCC(C(N)=O)C1)CC2. The van der Waals surface area contributed by atoms with Crippen LogP contribution in [0.4, 0.5) is 0 Å². The van der Waals surface area contributed by atoms with E-state index in [-0.39, 0.29) is 17.7 Å². The number of hydrogen-bond acceptors (Lipinski definition) is 4. The highest BCUT2D eigenvalue weighted by atomic mass is 16.5. The van der Waals surface area contributed by atoms with Gasteiger partial charge in [-0.1, -0.05) is 12.1 Å². The number of hydrogen-bond donors (Lipinski definition) is 1. The van der Waals surface area contributed by atoms with E-state index >= 15 is 0 Å². The van der Waals surface area contributed by atoms with E-state index in [9.17, 15) is 9.59 Å². The summed E-state index contributed by atoms with van der Waals surface area (Å²) in [4.78, 5) is 28.1. The van der Waals surface area contributed by atoms with Gasteiger partial charge >= 0.3 is 0 Å². The van der Waals surface area contributed by atoms with E-state index < -0.39 is 0 Å².